The van der Waals surface area contributed by atoms with Gasteiger partial charge in [-0.15, -0.1) is 0 Å². The first-order valence-electron chi connectivity index (χ1n) is 3.97. The van der Waals surface area contributed by atoms with Crippen LogP contribution in [0.2, 0.25) is 0 Å². The molecule has 0 saturated heterocycles. The van der Waals surface area contributed by atoms with Crippen molar-refractivity contribution in [3.8, 4) is 0 Å². The average Bonchev–Trinajstić information content (AvgIpc) is 1.84. The van der Waals surface area contributed by atoms with Crippen LogP contribution in [0.5, 0.6) is 0 Å². The molecule has 1 aliphatic rings. The van der Waals surface area contributed by atoms with Crippen LogP contribution in [0.4, 0.5) is 0 Å². The van der Waals surface area contributed by atoms with Gasteiger partial charge in [0.2, 0.25) is 0 Å². The number of aliphatic hydroxyl groups is 2. The van der Waals surface area contributed by atoms with Crippen LogP contribution in [0, 0.1) is 11.8 Å². The van der Waals surface area contributed by atoms with E-state index in [1.165, 1.54) is 0 Å². The Hall–Kier alpha value is -0.0800. The van der Waals surface area contributed by atoms with E-state index in [0.29, 0.717) is 11.8 Å². The summed E-state index contributed by atoms with van der Waals surface area (Å²) in [7, 11) is 0. The molecule has 0 spiro atoms. The summed E-state index contributed by atoms with van der Waals surface area (Å²) < 4.78 is 0. The molecule has 2 N–H and O–H groups in total. The zero-order valence-corrected chi connectivity index (χ0v) is 6.62. The molecule has 0 radical (unpaired) electrons. The molecule has 0 bridgehead atoms. The molecule has 0 aromatic heterocycles. The van der Waals surface area contributed by atoms with Gasteiger partial charge in [0.15, 0.2) is 0 Å². The van der Waals surface area contributed by atoms with Crippen LogP contribution in [-0.4, -0.2) is 22.4 Å². The molecule has 0 unspecified atom stereocenters. The fourth-order valence-corrected chi connectivity index (χ4v) is 1.54. The summed E-state index contributed by atoms with van der Waals surface area (Å²) in [6.07, 6.45) is 0.544. The van der Waals surface area contributed by atoms with Gasteiger partial charge in [-0.05, 0) is 24.7 Å². The molecule has 2 heteroatoms. The van der Waals surface area contributed by atoms with E-state index in [1.807, 2.05) is 0 Å². The van der Waals surface area contributed by atoms with E-state index in [1.54, 1.807) is 0 Å². The molecule has 0 aliphatic heterocycles. The Morgan fingerprint density at radius 3 is 1.50 bits per heavy atom. The monoisotopic (exact) mass is 144 g/mol. The van der Waals surface area contributed by atoms with Crippen molar-refractivity contribution in [2.75, 3.05) is 0 Å². The van der Waals surface area contributed by atoms with Crippen molar-refractivity contribution in [1.82, 2.24) is 0 Å². The van der Waals surface area contributed by atoms with Crippen molar-refractivity contribution in [1.29, 1.82) is 0 Å². The van der Waals surface area contributed by atoms with Gasteiger partial charge in [-0.25, -0.2) is 0 Å². The highest BCUT2D eigenvalue weighted by molar-refractivity contribution is 4.81. The lowest BCUT2D eigenvalue weighted by molar-refractivity contribution is -0.0408. The quantitative estimate of drug-likeness (QED) is 0.527. The average molecular weight is 144 g/mol. The van der Waals surface area contributed by atoms with E-state index in [0.717, 1.165) is 12.8 Å². The maximum Gasteiger partial charge on any atom is 0.0801 e. The third kappa shape index (κ3) is 1.50. The minimum absolute atomic E-state index is 0.480. The molecule has 2 nitrogen and oxygen atoms in total. The summed E-state index contributed by atoms with van der Waals surface area (Å²) in [6.45, 7) is 4.25. The Kier molecular flexibility index (Phi) is 2.32. The summed E-state index contributed by atoms with van der Waals surface area (Å²) in [5, 5.41) is 18.4. The van der Waals surface area contributed by atoms with Crippen LogP contribution in [0.1, 0.15) is 26.7 Å². The Morgan fingerprint density at radius 1 is 0.900 bits per heavy atom. The Morgan fingerprint density at radius 2 is 1.20 bits per heavy atom. The second kappa shape index (κ2) is 2.89. The lowest BCUT2D eigenvalue weighted by Gasteiger charge is -2.33. The van der Waals surface area contributed by atoms with Gasteiger partial charge in [-0.2, -0.15) is 0 Å². The van der Waals surface area contributed by atoms with Gasteiger partial charge in [0.1, 0.15) is 0 Å². The lowest BCUT2D eigenvalue weighted by atomic mass is 9.79. The van der Waals surface area contributed by atoms with Crippen LogP contribution < -0.4 is 0 Å². The van der Waals surface area contributed by atoms with E-state index in [9.17, 15) is 10.2 Å². The molecular weight excluding hydrogens is 128 g/mol. The molecule has 4 atom stereocenters. The van der Waals surface area contributed by atoms with E-state index < -0.39 is 12.2 Å². The summed E-state index contributed by atoms with van der Waals surface area (Å²) >= 11 is 0. The topological polar surface area (TPSA) is 40.5 Å². The maximum atomic E-state index is 9.22. The van der Waals surface area contributed by atoms with E-state index in [-0.39, 0.29) is 0 Å². The molecule has 1 aliphatic carbocycles. The van der Waals surface area contributed by atoms with Gasteiger partial charge < -0.3 is 10.2 Å². The number of rotatable bonds is 0. The Labute approximate surface area is 61.9 Å². The molecule has 0 aromatic rings. The molecule has 1 rings (SSSR count). The van der Waals surface area contributed by atoms with Crippen LogP contribution in [0.15, 0.2) is 0 Å². The second-order valence-corrected chi connectivity index (χ2v) is 3.56. The number of hydrogen-bond donors (Lipinski definition) is 2. The fraction of sp³-hybridized carbons (Fsp3) is 1.00. The first kappa shape index (κ1) is 8.02. The first-order chi connectivity index (χ1) is 4.61. The molecule has 60 valence electrons. The summed E-state index contributed by atoms with van der Waals surface area (Å²) in [4.78, 5) is 0. The zero-order valence-electron chi connectivity index (χ0n) is 6.62. The largest absolute Gasteiger partial charge is 0.390 e. The van der Waals surface area contributed by atoms with Crippen molar-refractivity contribution >= 4 is 0 Å². The van der Waals surface area contributed by atoms with E-state index in [2.05, 4.69) is 13.8 Å². The van der Waals surface area contributed by atoms with E-state index >= 15 is 0 Å². The third-order valence-corrected chi connectivity index (χ3v) is 2.64. The molecule has 0 amide bonds. The predicted molar refractivity (Wildman–Crippen MR) is 39.6 cm³/mol. The SMILES string of the molecule is C[C@H]1C[C@H](O)[C@@H](O)C[C@@H]1C. The first-order valence-corrected chi connectivity index (χ1v) is 3.97. The number of aliphatic hydroxyl groups excluding tert-OH is 2. The Balaban J connectivity index is 2.46. The predicted octanol–water partition coefficient (Wildman–Crippen LogP) is 0.774. The number of hydrogen-bond acceptors (Lipinski definition) is 2. The summed E-state index contributed by atoms with van der Waals surface area (Å²) in [5.74, 6) is 1.11. The maximum absolute atomic E-state index is 9.22. The highest BCUT2D eigenvalue weighted by atomic mass is 16.3. The van der Waals surface area contributed by atoms with Crippen molar-refractivity contribution in [2.24, 2.45) is 11.8 Å². The molecular formula is C8H16O2. The standard InChI is InChI=1S/C8H16O2/c1-5-3-7(9)8(10)4-6(5)2/h5-10H,3-4H2,1-2H3/t5-,6-,7-,8-/m0/s1. The minimum atomic E-state index is -0.480. The smallest absolute Gasteiger partial charge is 0.0801 e. The molecule has 1 fully saturated rings. The third-order valence-electron chi connectivity index (χ3n) is 2.64. The van der Waals surface area contributed by atoms with Crippen molar-refractivity contribution in [2.45, 2.75) is 38.9 Å². The van der Waals surface area contributed by atoms with Gasteiger partial charge in [0, 0.05) is 0 Å². The molecule has 0 heterocycles. The molecule has 10 heavy (non-hydrogen) atoms. The normalized spacial score (nSPS) is 49.2. The van der Waals surface area contributed by atoms with Gasteiger partial charge in [0.25, 0.3) is 0 Å². The highest BCUT2D eigenvalue weighted by Gasteiger charge is 2.29. The fourth-order valence-electron chi connectivity index (χ4n) is 1.54. The van der Waals surface area contributed by atoms with Gasteiger partial charge in [-0.1, -0.05) is 13.8 Å². The summed E-state index contributed by atoms with van der Waals surface area (Å²) in [6, 6.07) is 0. The highest BCUT2D eigenvalue weighted by Crippen LogP contribution is 2.29. The summed E-state index contributed by atoms with van der Waals surface area (Å²) in [5.41, 5.74) is 0. The van der Waals surface area contributed by atoms with Gasteiger partial charge >= 0.3 is 0 Å². The zero-order chi connectivity index (χ0) is 7.72. The van der Waals surface area contributed by atoms with Crippen molar-refractivity contribution < 1.29 is 10.2 Å². The van der Waals surface area contributed by atoms with Crippen molar-refractivity contribution in [3.05, 3.63) is 0 Å². The second-order valence-electron chi connectivity index (χ2n) is 3.56. The lowest BCUT2D eigenvalue weighted by Crippen LogP contribution is -2.36. The van der Waals surface area contributed by atoms with Crippen LogP contribution in [0.25, 0.3) is 0 Å². The minimum Gasteiger partial charge on any atom is -0.390 e. The van der Waals surface area contributed by atoms with Gasteiger partial charge in [-0.3, -0.25) is 0 Å². The van der Waals surface area contributed by atoms with Gasteiger partial charge in [0.05, 0.1) is 12.2 Å². The Bertz CT molecular complexity index is 87.8. The molecule has 0 aromatic carbocycles. The molecule has 1 saturated carbocycles. The van der Waals surface area contributed by atoms with Crippen LogP contribution in [-0.2, 0) is 0 Å². The van der Waals surface area contributed by atoms with Crippen LogP contribution >= 0.6 is 0 Å². The van der Waals surface area contributed by atoms with Crippen LogP contribution in [0.3, 0.4) is 0 Å². The van der Waals surface area contributed by atoms with E-state index in [4.69, 9.17) is 0 Å². The van der Waals surface area contributed by atoms with Crippen molar-refractivity contribution in [3.63, 3.8) is 0 Å².